The van der Waals surface area contributed by atoms with Crippen molar-refractivity contribution < 1.29 is 18.0 Å². The number of nitrogens with one attached hydrogen (secondary N) is 2. The highest BCUT2D eigenvalue weighted by atomic mass is 19.4. The van der Waals surface area contributed by atoms with Crippen LogP contribution in [0.15, 0.2) is 12.1 Å². The van der Waals surface area contributed by atoms with E-state index in [4.69, 9.17) is 5.73 Å². The highest BCUT2D eigenvalue weighted by molar-refractivity contribution is 6.02. The number of halogens is 3. The van der Waals surface area contributed by atoms with Crippen LogP contribution < -0.4 is 11.1 Å². The number of aryl methyl sites for hydroxylation is 1. The summed E-state index contributed by atoms with van der Waals surface area (Å²) in [6.45, 7) is 0.171. The molecular weight excluding hydrogens is 277 g/mol. The number of rotatable bonds is 3. The van der Waals surface area contributed by atoms with Crippen molar-refractivity contribution >= 4 is 11.7 Å². The lowest BCUT2D eigenvalue weighted by molar-refractivity contribution is -0.141. The van der Waals surface area contributed by atoms with Crippen molar-refractivity contribution in [3.05, 3.63) is 29.2 Å². The van der Waals surface area contributed by atoms with Gasteiger partial charge in [0.15, 0.2) is 11.4 Å². The van der Waals surface area contributed by atoms with E-state index in [2.05, 4.69) is 20.6 Å². The van der Waals surface area contributed by atoms with Crippen LogP contribution in [0.2, 0.25) is 0 Å². The molecule has 0 aliphatic carbocycles. The summed E-state index contributed by atoms with van der Waals surface area (Å²) in [5, 5.41) is 11.8. The molecule has 0 spiro atoms. The minimum atomic E-state index is -4.57. The van der Waals surface area contributed by atoms with Gasteiger partial charge in [-0.05, 0) is 6.07 Å². The second-order valence-electron chi connectivity index (χ2n) is 3.97. The molecule has 0 aliphatic rings. The van der Waals surface area contributed by atoms with Crippen LogP contribution in [0.4, 0.5) is 19.0 Å². The standard InChI is InChI=1S/C10H11F3N6O/c1-19-8(3-7(18-19)10(11,12)13)15-9(20)6-2-5(4-14)16-17-6/h2-3H,4,14H2,1H3,(H,15,20)(H,16,17). The highest BCUT2D eigenvalue weighted by Crippen LogP contribution is 2.29. The Bertz CT molecular complexity index is 629. The lowest BCUT2D eigenvalue weighted by atomic mass is 10.3. The van der Waals surface area contributed by atoms with E-state index in [-0.39, 0.29) is 18.1 Å². The molecule has 2 aromatic heterocycles. The van der Waals surface area contributed by atoms with Crippen LogP contribution in [0.3, 0.4) is 0 Å². The number of amides is 1. The molecule has 0 radical (unpaired) electrons. The van der Waals surface area contributed by atoms with E-state index in [0.29, 0.717) is 5.69 Å². The van der Waals surface area contributed by atoms with Gasteiger partial charge in [-0.1, -0.05) is 0 Å². The van der Waals surface area contributed by atoms with Crippen molar-refractivity contribution in [1.29, 1.82) is 0 Å². The van der Waals surface area contributed by atoms with Gasteiger partial charge in [0.1, 0.15) is 5.82 Å². The van der Waals surface area contributed by atoms with E-state index in [9.17, 15) is 18.0 Å². The third-order valence-electron chi connectivity index (χ3n) is 2.50. The van der Waals surface area contributed by atoms with Crippen molar-refractivity contribution in [2.45, 2.75) is 12.7 Å². The molecule has 0 unspecified atom stereocenters. The molecule has 0 atom stereocenters. The molecule has 1 amide bonds. The van der Waals surface area contributed by atoms with Gasteiger partial charge in [0.05, 0.1) is 0 Å². The Morgan fingerprint density at radius 1 is 1.50 bits per heavy atom. The fourth-order valence-corrected chi connectivity index (χ4v) is 1.49. The number of nitrogens with zero attached hydrogens (tertiary/aromatic N) is 3. The number of nitrogens with two attached hydrogens (primary N) is 1. The lowest BCUT2D eigenvalue weighted by Gasteiger charge is -2.01. The topological polar surface area (TPSA) is 102 Å². The zero-order valence-electron chi connectivity index (χ0n) is 10.3. The van der Waals surface area contributed by atoms with Gasteiger partial charge in [-0.15, -0.1) is 0 Å². The average molecular weight is 288 g/mol. The number of hydrogen-bond donors (Lipinski definition) is 3. The molecule has 10 heteroatoms. The number of aromatic nitrogens is 4. The van der Waals surface area contributed by atoms with Crippen LogP contribution in [-0.2, 0) is 19.8 Å². The zero-order chi connectivity index (χ0) is 14.9. The van der Waals surface area contributed by atoms with Gasteiger partial charge < -0.3 is 11.1 Å². The van der Waals surface area contributed by atoms with Crippen LogP contribution >= 0.6 is 0 Å². The van der Waals surface area contributed by atoms with E-state index < -0.39 is 17.8 Å². The van der Waals surface area contributed by atoms with Crippen molar-refractivity contribution in [3.8, 4) is 0 Å². The number of anilines is 1. The molecule has 0 aromatic carbocycles. The number of hydrogen-bond acceptors (Lipinski definition) is 4. The van der Waals surface area contributed by atoms with Crippen LogP contribution in [0.1, 0.15) is 21.9 Å². The Morgan fingerprint density at radius 3 is 2.70 bits per heavy atom. The number of H-pyrrole nitrogens is 1. The molecule has 2 rings (SSSR count). The number of alkyl halides is 3. The number of carbonyl (C=O) groups excluding carboxylic acids is 1. The molecule has 0 saturated carbocycles. The third kappa shape index (κ3) is 2.79. The summed E-state index contributed by atoms with van der Waals surface area (Å²) < 4.78 is 38.3. The normalized spacial score (nSPS) is 11.7. The van der Waals surface area contributed by atoms with Crippen LogP contribution in [0.25, 0.3) is 0 Å². The second-order valence-corrected chi connectivity index (χ2v) is 3.97. The largest absolute Gasteiger partial charge is 0.435 e. The molecule has 2 heterocycles. The zero-order valence-corrected chi connectivity index (χ0v) is 10.3. The van der Waals surface area contributed by atoms with Crippen LogP contribution in [-0.4, -0.2) is 25.9 Å². The van der Waals surface area contributed by atoms with Crippen molar-refractivity contribution in [1.82, 2.24) is 20.0 Å². The Labute approximate surface area is 111 Å². The Hall–Kier alpha value is -2.36. The molecule has 2 aromatic rings. The maximum atomic E-state index is 12.5. The SMILES string of the molecule is Cn1nc(C(F)(F)F)cc1NC(=O)c1cc(CN)[nH]n1. The van der Waals surface area contributed by atoms with Crippen LogP contribution in [0, 0.1) is 0 Å². The molecule has 0 aliphatic heterocycles. The summed E-state index contributed by atoms with van der Waals surface area (Å²) in [4.78, 5) is 11.8. The van der Waals surface area contributed by atoms with Crippen molar-refractivity contribution in [3.63, 3.8) is 0 Å². The fraction of sp³-hybridized carbons (Fsp3) is 0.300. The minimum absolute atomic E-state index is 0.0280. The quantitative estimate of drug-likeness (QED) is 0.780. The summed E-state index contributed by atoms with van der Waals surface area (Å²) in [6.07, 6.45) is -4.57. The van der Waals surface area contributed by atoms with Crippen molar-refractivity contribution in [2.75, 3.05) is 5.32 Å². The van der Waals surface area contributed by atoms with E-state index in [1.807, 2.05) is 0 Å². The first-order chi connectivity index (χ1) is 9.31. The minimum Gasteiger partial charge on any atom is -0.325 e. The summed E-state index contributed by atoms with van der Waals surface area (Å²) in [5.74, 6) is -0.739. The smallest absolute Gasteiger partial charge is 0.325 e. The summed E-state index contributed by atoms with van der Waals surface area (Å²) in [5.41, 5.74) is 4.83. The monoisotopic (exact) mass is 288 g/mol. The van der Waals surface area contributed by atoms with Gasteiger partial charge in [0.25, 0.3) is 5.91 Å². The molecule has 4 N–H and O–H groups in total. The molecule has 108 valence electrons. The maximum Gasteiger partial charge on any atom is 0.435 e. The Morgan fingerprint density at radius 2 is 2.20 bits per heavy atom. The molecular formula is C10H11F3N6O. The molecule has 0 bridgehead atoms. The summed E-state index contributed by atoms with van der Waals surface area (Å²) in [6, 6.07) is 2.16. The first-order valence-corrected chi connectivity index (χ1v) is 5.48. The number of aromatic amines is 1. The summed E-state index contributed by atoms with van der Waals surface area (Å²) >= 11 is 0. The predicted octanol–water partition coefficient (Wildman–Crippen LogP) is 0.873. The van der Waals surface area contributed by atoms with E-state index >= 15 is 0 Å². The van der Waals surface area contributed by atoms with E-state index in [1.54, 1.807) is 0 Å². The first kappa shape index (κ1) is 14.1. The summed E-state index contributed by atoms with van der Waals surface area (Å²) in [7, 11) is 1.29. The number of carbonyl (C=O) groups is 1. The van der Waals surface area contributed by atoms with Crippen molar-refractivity contribution in [2.24, 2.45) is 12.8 Å². The van der Waals surface area contributed by atoms with Gasteiger partial charge in [-0.25, -0.2) is 0 Å². The van der Waals surface area contributed by atoms with Gasteiger partial charge in [-0.2, -0.15) is 23.4 Å². The molecule has 0 fully saturated rings. The maximum absolute atomic E-state index is 12.5. The van der Waals surface area contributed by atoms with E-state index in [0.717, 1.165) is 10.7 Å². The molecule has 7 nitrogen and oxygen atoms in total. The predicted molar refractivity (Wildman–Crippen MR) is 62.6 cm³/mol. The van der Waals surface area contributed by atoms with E-state index in [1.165, 1.54) is 13.1 Å². The Balaban J connectivity index is 2.17. The average Bonchev–Trinajstić information content (AvgIpc) is 2.96. The lowest BCUT2D eigenvalue weighted by Crippen LogP contribution is -2.14. The molecule has 0 saturated heterocycles. The first-order valence-electron chi connectivity index (χ1n) is 5.48. The second kappa shape index (κ2) is 4.96. The van der Waals surface area contributed by atoms with Gasteiger partial charge in [0.2, 0.25) is 0 Å². The molecule has 20 heavy (non-hydrogen) atoms. The Kier molecular flexibility index (Phi) is 3.49. The highest BCUT2D eigenvalue weighted by Gasteiger charge is 2.34. The third-order valence-corrected chi connectivity index (χ3v) is 2.50. The van der Waals surface area contributed by atoms with Gasteiger partial charge in [-0.3, -0.25) is 14.6 Å². The van der Waals surface area contributed by atoms with Gasteiger partial charge in [0, 0.05) is 25.4 Å². The fourth-order valence-electron chi connectivity index (χ4n) is 1.49. The van der Waals surface area contributed by atoms with Gasteiger partial charge >= 0.3 is 6.18 Å². The van der Waals surface area contributed by atoms with Crippen LogP contribution in [0.5, 0.6) is 0 Å².